The number of ether oxygens (including phenoxy) is 1. The van der Waals surface area contributed by atoms with E-state index in [1.165, 1.54) is 7.11 Å². The predicted molar refractivity (Wildman–Crippen MR) is 46.6 cm³/mol. The molecule has 13 heavy (non-hydrogen) atoms. The molecule has 4 nitrogen and oxygen atoms in total. The molecular formula is C8H9FN2O2. The van der Waals surface area contributed by atoms with E-state index in [1.54, 1.807) is 0 Å². The van der Waals surface area contributed by atoms with Crippen LogP contribution in [0.4, 0.5) is 15.8 Å². The molecule has 70 valence electrons. The molecule has 4 N–H and O–H groups in total. The maximum absolute atomic E-state index is 12.7. The lowest BCUT2D eigenvalue weighted by Crippen LogP contribution is -2.09. The molecule has 0 aliphatic heterocycles. The zero-order valence-corrected chi connectivity index (χ0v) is 7.00. The number of benzene rings is 1. The lowest BCUT2D eigenvalue weighted by atomic mass is 10.1. The largest absolute Gasteiger partial charge is 0.465 e. The van der Waals surface area contributed by atoms with Crippen LogP contribution in [-0.4, -0.2) is 13.1 Å². The van der Waals surface area contributed by atoms with Crippen molar-refractivity contribution in [2.75, 3.05) is 18.6 Å². The van der Waals surface area contributed by atoms with Gasteiger partial charge < -0.3 is 16.2 Å². The van der Waals surface area contributed by atoms with E-state index in [1.807, 2.05) is 0 Å². The molecule has 0 saturated heterocycles. The number of nitrogens with two attached hydrogens (primary N) is 2. The number of hydrogen-bond donors (Lipinski definition) is 2. The highest BCUT2D eigenvalue weighted by molar-refractivity contribution is 6.00. The second-order valence-corrected chi connectivity index (χ2v) is 2.45. The van der Waals surface area contributed by atoms with E-state index in [-0.39, 0.29) is 16.9 Å². The Morgan fingerprint density at radius 1 is 1.38 bits per heavy atom. The number of anilines is 2. The molecule has 5 heteroatoms. The number of methoxy groups -OCH3 is 1. The van der Waals surface area contributed by atoms with Crippen molar-refractivity contribution in [1.29, 1.82) is 0 Å². The molecule has 0 saturated carbocycles. The van der Waals surface area contributed by atoms with Gasteiger partial charge in [-0.2, -0.15) is 0 Å². The number of carbonyl (C=O) groups is 1. The third kappa shape index (κ3) is 1.69. The molecule has 1 aromatic carbocycles. The Labute approximate surface area is 74.3 Å². The number of halogens is 1. The number of nitrogen functional groups attached to an aromatic ring is 2. The zero-order chi connectivity index (χ0) is 10.0. The van der Waals surface area contributed by atoms with Crippen molar-refractivity contribution in [1.82, 2.24) is 0 Å². The van der Waals surface area contributed by atoms with E-state index in [0.717, 1.165) is 12.1 Å². The second-order valence-electron chi connectivity index (χ2n) is 2.45. The molecule has 0 aliphatic carbocycles. The Morgan fingerprint density at radius 3 is 2.23 bits per heavy atom. The van der Waals surface area contributed by atoms with E-state index in [9.17, 15) is 9.18 Å². The number of hydrogen-bond acceptors (Lipinski definition) is 4. The molecule has 0 unspecified atom stereocenters. The molecule has 0 amide bonds. The summed E-state index contributed by atoms with van der Waals surface area (Å²) >= 11 is 0. The minimum atomic E-state index is -0.671. The van der Waals surface area contributed by atoms with Crippen molar-refractivity contribution in [2.45, 2.75) is 0 Å². The third-order valence-electron chi connectivity index (χ3n) is 1.55. The molecule has 0 heterocycles. The standard InChI is InChI=1S/C8H9FN2O2/c1-13-8(12)7-5(10)2-4(9)3-6(7)11/h2-3H,10-11H2,1H3. The van der Waals surface area contributed by atoms with Crippen molar-refractivity contribution < 1.29 is 13.9 Å². The molecule has 0 atom stereocenters. The van der Waals surface area contributed by atoms with Gasteiger partial charge >= 0.3 is 5.97 Å². The number of esters is 1. The van der Waals surface area contributed by atoms with Gasteiger partial charge in [0.25, 0.3) is 0 Å². The van der Waals surface area contributed by atoms with Crippen molar-refractivity contribution in [3.63, 3.8) is 0 Å². The van der Waals surface area contributed by atoms with Crippen molar-refractivity contribution in [3.05, 3.63) is 23.5 Å². The second kappa shape index (κ2) is 3.30. The van der Waals surface area contributed by atoms with Crippen LogP contribution in [0.5, 0.6) is 0 Å². The Balaban J connectivity index is 3.28. The molecule has 0 aliphatic rings. The average Bonchev–Trinajstić information content (AvgIpc) is 2.02. The van der Waals surface area contributed by atoms with Crippen molar-refractivity contribution in [3.8, 4) is 0 Å². The van der Waals surface area contributed by atoms with Gasteiger partial charge in [-0.15, -0.1) is 0 Å². The lowest BCUT2D eigenvalue weighted by Gasteiger charge is -2.06. The van der Waals surface area contributed by atoms with E-state index in [0.29, 0.717) is 0 Å². The molecule has 0 fully saturated rings. The molecule has 1 aromatic rings. The topological polar surface area (TPSA) is 78.3 Å². The van der Waals surface area contributed by atoms with E-state index >= 15 is 0 Å². The van der Waals surface area contributed by atoms with Gasteiger partial charge in [0.15, 0.2) is 0 Å². The summed E-state index contributed by atoms with van der Waals surface area (Å²) in [5.74, 6) is -1.25. The van der Waals surface area contributed by atoms with Crippen LogP contribution in [0, 0.1) is 5.82 Å². The summed E-state index contributed by atoms with van der Waals surface area (Å²) in [4.78, 5) is 11.1. The fourth-order valence-corrected chi connectivity index (χ4v) is 0.988. The van der Waals surface area contributed by atoms with Gasteiger partial charge in [0.1, 0.15) is 11.4 Å². The lowest BCUT2D eigenvalue weighted by molar-refractivity contribution is 0.0603. The van der Waals surface area contributed by atoms with Gasteiger partial charge in [-0.1, -0.05) is 0 Å². The first-order valence-electron chi connectivity index (χ1n) is 3.49. The van der Waals surface area contributed by atoms with Crippen LogP contribution < -0.4 is 11.5 Å². The zero-order valence-electron chi connectivity index (χ0n) is 7.00. The van der Waals surface area contributed by atoms with Crippen LogP contribution in [0.2, 0.25) is 0 Å². The van der Waals surface area contributed by atoms with Crippen LogP contribution in [0.25, 0.3) is 0 Å². The van der Waals surface area contributed by atoms with Gasteiger partial charge in [0.2, 0.25) is 0 Å². The summed E-state index contributed by atoms with van der Waals surface area (Å²) < 4.78 is 17.1. The first-order chi connectivity index (χ1) is 6.06. The highest BCUT2D eigenvalue weighted by atomic mass is 19.1. The van der Waals surface area contributed by atoms with Crippen LogP contribution >= 0.6 is 0 Å². The van der Waals surface area contributed by atoms with Gasteiger partial charge in [-0.25, -0.2) is 9.18 Å². The molecule has 1 rings (SSSR count). The number of rotatable bonds is 1. The third-order valence-corrected chi connectivity index (χ3v) is 1.55. The Bertz CT molecular complexity index is 329. The van der Waals surface area contributed by atoms with Crippen molar-refractivity contribution in [2.24, 2.45) is 0 Å². The summed E-state index contributed by atoms with van der Waals surface area (Å²) in [5.41, 5.74) is 10.7. The van der Waals surface area contributed by atoms with Gasteiger partial charge in [0.05, 0.1) is 18.5 Å². The SMILES string of the molecule is COC(=O)c1c(N)cc(F)cc1N. The molecular weight excluding hydrogens is 175 g/mol. The fraction of sp³-hybridized carbons (Fsp3) is 0.125. The summed E-state index contributed by atoms with van der Waals surface area (Å²) in [5, 5.41) is 0. The average molecular weight is 184 g/mol. The highest BCUT2D eigenvalue weighted by Crippen LogP contribution is 2.21. The first-order valence-corrected chi connectivity index (χ1v) is 3.49. The predicted octanol–water partition coefficient (Wildman–Crippen LogP) is 0.777. The number of carbonyl (C=O) groups excluding carboxylic acids is 1. The minimum Gasteiger partial charge on any atom is -0.465 e. The highest BCUT2D eigenvalue weighted by Gasteiger charge is 2.14. The first kappa shape index (κ1) is 9.31. The van der Waals surface area contributed by atoms with Gasteiger partial charge in [-0.05, 0) is 12.1 Å². The van der Waals surface area contributed by atoms with Gasteiger partial charge in [-0.3, -0.25) is 0 Å². The van der Waals surface area contributed by atoms with Crippen LogP contribution in [0.3, 0.4) is 0 Å². The molecule has 0 spiro atoms. The van der Waals surface area contributed by atoms with Crippen LogP contribution in [0.15, 0.2) is 12.1 Å². The van der Waals surface area contributed by atoms with Crippen LogP contribution in [-0.2, 0) is 4.74 Å². The van der Waals surface area contributed by atoms with E-state index < -0.39 is 11.8 Å². The summed E-state index contributed by atoms with van der Waals surface area (Å²) in [7, 11) is 1.20. The fourth-order valence-electron chi connectivity index (χ4n) is 0.988. The molecule has 0 radical (unpaired) electrons. The quantitative estimate of drug-likeness (QED) is 0.499. The summed E-state index contributed by atoms with van der Waals surface area (Å²) in [6.45, 7) is 0. The summed E-state index contributed by atoms with van der Waals surface area (Å²) in [6, 6.07) is 2.03. The Hall–Kier alpha value is -1.78. The van der Waals surface area contributed by atoms with E-state index in [4.69, 9.17) is 11.5 Å². The normalized spacial score (nSPS) is 9.69. The maximum Gasteiger partial charge on any atom is 0.342 e. The monoisotopic (exact) mass is 184 g/mol. The molecule has 0 bridgehead atoms. The molecule has 0 aromatic heterocycles. The minimum absolute atomic E-state index is 0.00361. The van der Waals surface area contributed by atoms with Gasteiger partial charge in [0, 0.05) is 0 Å². The maximum atomic E-state index is 12.7. The smallest absolute Gasteiger partial charge is 0.342 e. The van der Waals surface area contributed by atoms with Crippen LogP contribution in [0.1, 0.15) is 10.4 Å². The van der Waals surface area contributed by atoms with E-state index in [2.05, 4.69) is 4.74 Å². The Morgan fingerprint density at radius 2 is 1.85 bits per heavy atom. The van der Waals surface area contributed by atoms with Crippen molar-refractivity contribution >= 4 is 17.3 Å². The Kier molecular flexibility index (Phi) is 2.36. The summed E-state index contributed by atoms with van der Waals surface area (Å²) in [6.07, 6.45) is 0.